The lowest BCUT2D eigenvalue weighted by molar-refractivity contribution is -0.648. The fourth-order valence-corrected chi connectivity index (χ4v) is 2.03. The van der Waals surface area contributed by atoms with Crippen molar-refractivity contribution >= 4 is 22.9 Å². The minimum atomic E-state index is -1.11. The standard InChI is InChI=1S/C12H12N2O3/c1-7-4-5-9-10(6-7)14(8(2)15)11(12(16)17)13(9)3/h4-6H,1-3H3/p+1. The Kier molecular flexibility index (Phi) is 2.46. The highest BCUT2D eigenvalue weighted by molar-refractivity contribution is 5.96. The molecule has 1 aromatic heterocycles. The molecule has 1 heterocycles. The normalized spacial score (nSPS) is 10.8. The third-order valence-electron chi connectivity index (χ3n) is 2.77. The molecule has 0 fully saturated rings. The van der Waals surface area contributed by atoms with E-state index in [1.165, 1.54) is 16.1 Å². The highest BCUT2D eigenvalue weighted by Crippen LogP contribution is 2.16. The number of carbonyl (C=O) groups is 2. The Balaban J connectivity index is 2.99. The number of carboxylic acid groups (broad SMARTS) is 1. The Bertz CT molecular complexity index is 641. The molecule has 1 aromatic carbocycles. The molecule has 2 rings (SSSR count). The molecule has 88 valence electrons. The molecular formula is C12H13N2O3+. The number of imidazole rings is 1. The Morgan fingerprint density at radius 2 is 2.00 bits per heavy atom. The number of hydrogen-bond donors (Lipinski definition) is 1. The molecule has 5 nitrogen and oxygen atoms in total. The van der Waals surface area contributed by atoms with Gasteiger partial charge in [-0.05, 0) is 24.6 Å². The number of carboxylic acids is 1. The summed E-state index contributed by atoms with van der Waals surface area (Å²) in [6.07, 6.45) is 0. The summed E-state index contributed by atoms with van der Waals surface area (Å²) >= 11 is 0. The van der Waals surface area contributed by atoms with Crippen LogP contribution in [0.5, 0.6) is 0 Å². The number of hydrogen-bond acceptors (Lipinski definition) is 2. The van der Waals surface area contributed by atoms with Crippen LogP contribution in [-0.4, -0.2) is 21.6 Å². The highest BCUT2D eigenvalue weighted by atomic mass is 16.4. The second kappa shape index (κ2) is 3.69. The van der Waals surface area contributed by atoms with Crippen LogP contribution >= 0.6 is 0 Å². The molecule has 0 aliphatic heterocycles. The molecule has 17 heavy (non-hydrogen) atoms. The van der Waals surface area contributed by atoms with Crippen molar-refractivity contribution in [3.8, 4) is 0 Å². The van der Waals surface area contributed by atoms with Gasteiger partial charge in [-0.15, -0.1) is 0 Å². The lowest BCUT2D eigenvalue weighted by atomic mass is 10.2. The van der Waals surface area contributed by atoms with E-state index in [1.54, 1.807) is 7.05 Å². The van der Waals surface area contributed by atoms with Gasteiger partial charge in [-0.2, -0.15) is 4.57 Å². The molecule has 0 bridgehead atoms. The number of aromatic carboxylic acids is 1. The molecule has 0 amide bonds. The second-order valence-corrected chi connectivity index (χ2v) is 4.03. The predicted molar refractivity (Wildman–Crippen MR) is 61.1 cm³/mol. The molecule has 0 spiro atoms. The molecule has 0 aliphatic carbocycles. The largest absolute Gasteiger partial charge is 0.472 e. The number of benzene rings is 1. The van der Waals surface area contributed by atoms with E-state index in [9.17, 15) is 14.7 Å². The topological polar surface area (TPSA) is 63.2 Å². The first-order valence-electron chi connectivity index (χ1n) is 5.19. The van der Waals surface area contributed by atoms with Gasteiger partial charge in [-0.1, -0.05) is 6.07 Å². The summed E-state index contributed by atoms with van der Waals surface area (Å²) in [5, 5.41) is 9.17. The SMILES string of the molecule is CC(=O)n1c(C(=O)O)[n+](C)c2ccc(C)cc21. The number of aromatic nitrogens is 2. The highest BCUT2D eigenvalue weighted by Gasteiger charge is 2.31. The van der Waals surface area contributed by atoms with E-state index in [4.69, 9.17) is 0 Å². The number of rotatable bonds is 1. The number of fused-ring (bicyclic) bond motifs is 1. The Morgan fingerprint density at radius 3 is 2.53 bits per heavy atom. The predicted octanol–water partition coefficient (Wildman–Crippen LogP) is 1.13. The molecular weight excluding hydrogens is 220 g/mol. The number of aryl methyl sites for hydroxylation is 2. The van der Waals surface area contributed by atoms with Crippen LogP contribution in [0.4, 0.5) is 0 Å². The third kappa shape index (κ3) is 1.60. The van der Waals surface area contributed by atoms with Gasteiger partial charge in [-0.3, -0.25) is 0 Å². The Labute approximate surface area is 97.9 Å². The van der Waals surface area contributed by atoms with Gasteiger partial charge in [0, 0.05) is 6.92 Å². The van der Waals surface area contributed by atoms with Crippen LogP contribution in [0, 0.1) is 6.92 Å². The fourth-order valence-electron chi connectivity index (χ4n) is 2.03. The fraction of sp³-hybridized carbons (Fsp3) is 0.250. The zero-order chi connectivity index (χ0) is 12.7. The average Bonchev–Trinajstić information content (AvgIpc) is 2.51. The first-order chi connectivity index (χ1) is 7.93. The summed E-state index contributed by atoms with van der Waals surface area (Å²) in [5.41, 5.74) is 2.33. The molecule has 0 aliphatic rings. The molecule has 0 radical (unpaired) electrons. The first-order valence-corrected chi connectivity index (χ1v) is 5.19. The van der Waals surface area contributed by atoms with Crippen molar-refractivity contribution in [3.63, 3.8) is 0 Å². The van der Waals surface area contributed by atoms with Gasteiger partial charge in [0.05, 0.1) is 7.05 Å². The summed E-state index contributed by atoms with van der Waals surface area (Å²) in [6, 6.07) is 5.51. The summed E-state index contributed by atoms with van der Waals surface area (Å²) in [6.45, 7) is 3.26. The van der Waals surface area contributed by atoms with E-state index >= 15 is 0 Å². The summed E-state index contributed by atoms with van der Waals surface area (Å²) in [5.74, 6) is -1.45. The van der Waals surface area contributed by atoms with E-state index < -0.39 is 5.97 Å². The average molecular weight is 233 g/mol. The van der Waals surface area contributed by atoms with E-state index in [0.29, 0.717) is 5.52 Å². The van der Waals surface area contributed by atoms with E-state index in [-0.39, 0.29) is 11.7 Å². The van der Waals surface area contributed by atoms with Crippen molar-refractivity contribution < 1.29 is 19.3 Å². The van der Waals surface area contributed by atoms with Crippen LogP contribution < -0.4 is 4.57 Å². The zero-order valence-electron chi connectivity index (χ0n) is 9.89. The van der Waals surface area contributed by atoms with Crippen LogP contribution in [-0.2, 0) is 7.05 Å². The molecule has 1 N–H and O–H groups in total. The lowest BCUT2D eigenvalue weighted by Crippen LogP contribution is -2.36. The van der Waals surface area contributed by atoms with Crippen LogP contribution in [0.15, 0.2) is 18.2 Å². The maximum Gasteiger partial charge on any atom is 0.420 e. The molecule has 0 atom stereocenters. The maximum atomic E-state index is 11.6. The van der Waals surface area contributed by atoms with E-state index in [0.717, 1.165) is 11.1 Å². The van der Waals surface area contributed by atoms with Crippen LogP contribution in [0.3, 0.4) is 0 Å². The van der Waals surface area contributed by atoms with Gasteiger partial charge in [0.25, 0.3) is 0 Å². The maximum absolute atomic E-state index is 11.6. The van der Waals surface area contributed by atoms with E-state index in [2.05, 4.69) is 0 Å². The van der Waals surface area contributed by atoms with Crippen molar-refractivity contribution in [3.05, 3.63) is 29.6 Å². The van der Waals surface area contributed by atoms with Crippen LogP contribution in [0.2, 0.25) is 0 Å². The third-order valence-corrected chi connectivity index (χ3v) is 2.77. The van der Waals surface area contributed by atoms with Crippen molar-refractivity contribution in [1.82, 2.24) is 4.57 Å². The summed E-state index contributed by atoms with van der Waals surface area (Å²) in [7, 11) is 1.64. The van der Waals surface area contributed by atoms with Gasteiger partial charge in [0.1, 0.15) is 0 Å². The van der Waals surface area contributed by atoms with Crippen molar-refractivity contribution in [2.24, 2.45) is 7.05 Å². The van der Waals surface area contributed by atoms with Crippen molar-refractivity contribution in [2.75, 3.05) is 0 Å². The lowest BCUT2D eigenvalue weighted by Gasteiger charge is -1.93. The van der Waals surface area contributed by atoms with Crippen LogP contribution in [0.25, 0.3) is 11.0 Å². The summed E-state index contributed by atoms with van der Waals surface area (Å²) in [4.78, 5) is 22.8. The second-order valence-electron chi connectivity index (χ2n) is 4.03. The minimum absolute atomic E-state index is 0.0295. The van der Waals surface area contributed by atoms with Gasteiger partial charge in [0.2, 0.25) is 0 Å². The Hall–Kier alpha value is -2.17. The number of carbonyl (C=O) groups excluding carboxylic acids is 1. The van der Waals surface area contributed by atoms with Gasteiger partial charge >= 0.3 is 17.7 Å². The van der Waals surface area contributed by atoms with Crippen LogP contribution in [0.1, 0.15) is 27.9 Å². The minimum Gasteiger partial charge on any atom is -0.472 e. The molecule has 0 saturated heterocycles. The molecule has 2 aromatic rings. The van der Waals surface area contributed by atoms with E-state index in [1.807, 2.05) is 25.1 Å². The summed E-state index contributed by atoms with van der Waals surface area (Å²) < 4.78 is 2.74. The smallest absolute Gasteiger partial charge is 0.420 e. The first kappa shape index (κ1) is 11.3. The van der Waals surface area contributed by atoms with Gasteiger partial charge < -0.3 is 5.11 Å². The molecule has 0 saturated carbocycles. The Morgan fingerprint density at radius 1 is 1.35 bits per heavy atom. The quantitative estimate of drug-likeness (QED) is 0.751. The van der Waals surface area contributed by atoms with Crippen molar-refractivity contribution in [2.45, 2.75) is 13.8 Å². The van der Waals surface area contributed by atoms with Gasteiger partial charge in [-0.25, -0.2) is 14.2 Å². The zero-order valence-corrected chi connectivity index (χ0v) is 9.89. The molecule has 5 heteroatoms. The van der Waals surface area contributed by atoms with Crippen molar-refractivity contribution in [1.29, 1.82) is 0 Å². The number of nitrogens with zero attached hydrogens (tertiary/aromatic N) is 2. The van der Waals surface area contributed by atoms with Gasteiger partial charge in [0.15, 0.2) is 11.0 Å². The monoisotopic (exact) mass is 233 g/mol. The molecule has 0 unspecified atom stereocenters.